The molecule has 0 atom stereocenters. The van der Waals surface area contributed by atoms with Crippen molar-refractivity contribution in [2.75, 3.05) is 13.1 Å². The zero-order valence-corrected chi connectivity index (χ0v) is 9.91. The van der Waals surface area contributed by atoms with E-state index in [1.165, 1.54) is 18.2 Å². The fourth-order valence-electron chi connectivity index (χ4n) is 1.95. The highest BCUT2D eigenvalue weighted by Crippen LogP contribution is 2.15. The highest BCUT2D eigenvalue weighted by atomic mass is 16.6. The van der Waals surface area contributed by atoms with E-state index in [4.69, 9.17) is 0 Å². The van der Waals surface area contributed by atoms with E-state index in [9.17, 15) is 14.9 Å². The molecule has 0 spiro atoms. The highest BCUT2D eigenvalue weighted by molar-refractivity contribution is 5.92. The van der Waals surface area contributed by atoms with Gasteiger partial charge in [-0.2, -0.15) is 0 Å². The summed E-state index contributed by atoms with van der Waals surface area (Å²) in [5.74, 6) is -0.0287. The van der Waals surface area contributed by atoms with Crippen molar-refractivity contribution in [2.45, 2.75) is 12.8 Å². The summed E-state index contributed by atoms with van der Waals surface area (Å²) >= 11 is 0. The Morgan fingerprint density at radius 2 is 2.06 bits per heavy atom. The summed E-state index contributed by atoms with van der Waals surface area (Å²) in [6.45, 7) is 1.61. The number of carbonyl (C=O) groups is 1. The van der Waals surface area contributed by atoms with Crippen molar-refractivity contribution in [1.82, 2.24) is 4.90 Å². The van der Waals surface area contributed by atoms with Crippen molar-refractivity contribution >= 4 is 17.7 Å². The van der Waals surface area contributed by atoms with Crippen LogP contribution in [0.15, 0.2) is 30.3 Å². The molecule has 5 nitrogen and oxygen atoms in total. The number of nitro groups is 1. The molecule has 1 aromatic carbocycles. The van der Waals surface area contributed by atoms with E-state index in [1.54, 1.807) is 23.1 Å². The maximum atomic E-state index is 11.7. The molecule has 0 aromatic heterocycles. The van der Waals surface area contributed by atoms with Gasteiger partial charge in [-0.05, 0) is 24.5 Å². The molecular formula is C13H14N2O3. The first-order chi connectivity index (χ1) is 8.66. The molecule has 0 saturated carbocycles. The molecule has 1 aliphatic rings. The van der Waals surface area contributed by atoms with Gasteiger partial charge in [0, 0.05) is 31.3 Å². The summed E-state index contributed by atoms with van der Waals surface area (Å²) in [4.78, 5) is 23.7. The third-order valence-electron chi connectivity index (χ3n) is 2.92. The second-order valence-corrected chi connectivity index (χ2v) is 4.22. The Labute approximate surface area is 105 Å². The number of rotatable bonds is 3. The lowest BCUT2D eigenvalue weighted by atomic mass is 10.2. The Hall–Kier alpha value is -2.17. The van der Waals surface area contributed by atoms with Crippen LogP contribution in [-0.2, 0) is 4.79 Å². The smallest absolute Gasteiger partial charge is 0.270 e. The van der Waals surface area contributed by atoms with Crippen molar-refractivity contribution in [2.24, 2.45) is 0 Å². The first-order valence-corrected chi connectivity index (χ1v) is 5.88. The minimum atomic E-state index is -0.445. The standard InChI is InChI=1S/C13H14N2O3/c16-13(14-8-1-2-9-14)7-6-11-4-3-5-12(10-11)15(17)18/h3-7,10H,1-2,8-9H2. The topological polar surface area (TPSA) is 63.4 Å². The second-order valence-electron chi connectivity index (χ2n) is 4.22. The third kappa shape index (κ3) is 2.94. The van der Waals surface area contributed by atoms with Crippen LogP contribution in [0.5, 0.6) is 0 Å². The molecule has 1 saturated heterocycles. The van der Waals surface area contributed by atoms with Crippen LogP contribution in [0.1, 0.15) is 18.4 Å². The second kappa shape index (κ2) is 5.44. The van der Waals surface area contributed by atoms with E-state index < -0.39 is 4.92 Å². The van der Waals surface area contributed by atoms with E-state index in [1.807, 2.05) is 0 Å². The van der Waals surface area contributed by atoms with Crippen molar-refractivity contribution in [3.8, 4) is 0 Å². The maximum Gasteiger partial charge on any atom is 0.270 e. The molecular weight excluding hydrogens is 232 g/mol. The van der Waals surface area contributed by atoms with Crippen LogP contribution in [0.3, 0.4) is 0 Å². The summed E-state index contributed by atoms with van der Waals surface area (Å²) in [6.07, 6.45) is 5.20. The number of amides is 1. The number of benzene rings is 1. The molecule has 94 valence electrons. The molecule has 2 rings (SSSR count). The van der Waals surface area contributed by atoms with E-state index in [2.05, 4.69) is 0 Å². The van der Waals surface area contributed by atoms with E-state index >= 15 is 0 Å². The first kappa shape index (κ1) is 12.3. The van der Waals surface area contributed by atoms with E-state index in [0.717, 1.165) is 25.9 Å². The fourth-order valence-corrected chi connectivity index (χ4v) is 1.95. The molecule has 0 bridgehead atoms. The Balaban J connectivity index is 2.06. The normalized spacial score (nSPS) is 15.2. The number of likely N-dealkylation sites (tertiary alicyclic amines) is 1. The van der Waals surface area contributed by atoms with Crippen LogP contribution < -0.4 is 0 Å². The van der Waals surface area contributed by atoms with Crippen LogP contribution in [-0.4, -0.2) is 28.8 Å². The number of carbonyl (C=O) groups excluding carboxylic acids is 1. The molecule has 5 heteroatoms. The quantitative estimate of drug-likeness (QED) is 0.466. The number of nitro benzene ring substituents is 1. The molecule has 1 heterocycles. The average molecular weight is 246 g/mol. The van der Waals surface area contributed by atoms with Gasteiger partial charge in [-0.1, -0.05) is 12.1 Å². The van der Waals surface area contributed by atoms with Gasteiger partial charge >= 0.3 is 0 Å². The molecule has 0 unspecified atom stereocenters. The molecule has 18 heavy (non-hydrogen) atoms. The molecule has 1 aliphatic heterocycles. The van der Waals surface area contributed by atoms with Crippen LogP contribution in [0.4, 0.5) is 5.69 Å². The van der Waals surface area contributed by atoms with Gasteiger partial charge in [-0.3, -0.25) is 14.9 Å². The summed E-state index contributed by atoms with van der Waals surface area (Å²) in [5.41, 5.74) is 0.697. The molecule has 0 N–H and O–H groups in total. The Morgan fingerprint density at radius 1 is 1.33 bits per heavy atom. The number of nitrogens with zero attached hydrogens (tertiary/aromatic N) is 2. The number of non-ortho nitro benzene ring substituents is 1. The summed E-state index contributed by atoms with van der Waals surface area (Å²) in [7, 11) is 0. The van der Waals surface area contributed by atoms with Gasteiger partial charge in [-0.25, -0.2) is 0 Å². The van der Waals surface area contributed by atoms with Gasteiger partial charge in [0.05, 0.1) is 4.92 Å². The summed E-state index contributed by atoms with van der Waals surface area (Å²) in [6, 6.07) is 6.23. The Bertz CT molecular complexity index is 491. The van der Waals surface area contributed by atoms with Gasteiger partial charge < -0.3 is 4.90 Å². The van der Waals surface area contributed by atoms with Gasteiger partial charge in [0.2, 0.25) is 5.91 Å². The van der Waals surface area contributed by atoms with Gasteiger partial charge in [0.25, 0.3) is 5.69 Å². The monoisotopic (exact) mass is 246 g/mol. The van der Waals surface area contributed by atoms with E-state index in [-0.39, 0.29) is 11.6 Å². The zero-order chi connectivity index (χ0) is 13.0. The predicted octanol–water partition coefficient (Wildman–Crippen LogP) is 2.23. The minimum Gasteiger partial charge on any atom is -0.339 e. The highest BCUT2D eigenvalue weighted by Gasteiger charge is 2.15. The lowest BCUT2D eigenvalue weighted by molar-refractivity contribution is -0.384. The third-order valence-corrected chi connectivity index (χ3v) is 2.92. The van der Waals surface area contributed by atoms with Crippen molar-refractivity contribution in [1.29, 1.82) is 0 Å². The van der Waals surface area contributed by atoms with Crippen LogP contribution in [0.25, 0.3) is 6.08 Å². The van der Waals surface area contributed by atoms with Gasteiger partial charge in [-0.15, -0.1) is 0 Å². The van der Waals surface area contributed by atoms with Crippen molar-refractivity contribution < 1.29 is 9.72 Å². The van der Waals surface area contributed by atoms with E-state index in [0.29, 0.717) is 5.56 Å². The maximum absolute atomic E-state index is 11.7. The molecule has 0 radical (unpaired) electrons. The summed E-state index contributed by atoms with van der Waals surface area (Å²) in [5, 5.41) is 10.6. The predicted molar refractivity (Wildman–Crippen MR) is 67.9 cm³/mol. The minimum absolute atomic E-state index is 0.0287. The largest absolute Gasteiger partial charge is 0.339 e. The van der Waals surface area contributed by atoms with Gasteiger partial charge in [0.1, 0.15) is 0 Å². The van der Waals surface area contributed by atoms with Crippen molar-refractivity contribution in [3.63, 3.8) is 0 Å². The van der Waals surface area contributed by atoms with Crippen LogP contribution in [0.2, 0.25) is 0 Å². The van der Waals surface area contributed by atoms with Crippen LogP contribution in [0, 0.1) is 10.1 Å². The van der Waals surface area contributed by atoms with Gasteiger partial charge in [0.15, 0.2) is 0 Å². The van der Waals surface area contributed by atoms with Crippen molar-refractivity contribution in [3.05, 3.63) is 46.0 Å². The number of hydrogen-bond acceptors (Lipinski definition) is 3. The fraction of sp³-hybridized carbons (Fsp3) is 0.308. The SMILES string of the molecule is O=C(C=Cc1cccc([N+](=O)[O-])c1)N1CCCC1. The van der Waals surface area contributed by atoms with Crippen LogP contribution >= 0.6 is 0 Å². The average Bonchev–Trinajstić information content (AvgIpc) is 2.90. The molecule has 1 amide bonds. The lowest BCUT2D eigenvalue weighted by Gasteiger charge is -2.11. The number of hydrogen-bond donors (Lipinski definition) is 0. The summed E-state index contributed by atoms with van der Waals surface area (Å²) < 4.78 is 0. The first-order valence-electron chi connectivity index (χ1n) is 5.88. The Morgan fingerprint density at radius 3 is 2.72 bits per heavy atom. The Kier molecular flexibility index (Phi) is 3.72. The molecule has 0 aliphatic carbocycles. The molecule has 1 aromatic rings. The molecule has 1 fully saturated rings. The zero-order valence-electron chi connectivity index (χ0n) is 9.91. The lowest BCUT2D eigenvalue weighted by Crippen LogP contribution is -2.25.